The zero-order chi connectivity index (χ0) is 17.4. The summed E-state index contributed by atoms with van der Waals surface area (Å²) in [6.45, 7) is 5.43. The molecule has 25 heavy (non-hydrogen) atoms. The van der Waals surface area contributed by atoms with E-state index in [4.69, 9.17) is 16.3 Å². The summed E-state index contributed by atoms with van der Waals surface area (Å²) in [4.78, 5) is 18.0. The minimum Gasteiger partial charge on any atom is -0.378 e. The number of pyridine rings is 1. The van der Waals surface area contributed by atoms with Gasteiger partial charge in [-0.1, -0.05) is 11.6 Å². The number of carbonyl (C=O) groups is 1. The Morgan fingerprint density at radius 1 is 1.24 bits per heavy atom. The lowest BCUT2D eigenvalue weighted by Crippen LogP contribution is -2.51. The second-order valence-corrected chi connectivity index (χ2v) is 7.38. The summed E-state index contributed by atoms with van der Waals surface area (Å²) in [5.41, 5.74) is 1.21. The lowest BCUT2D eigenvalue weighted by Gasteiger charge is -2.41. The van der Waals surface area contributed by atoms with Gasteiger partial charge in [0.25, 0.3) is 0 Å². The summed E-state index contributed by atoms with van der Waals surface area (Å²) in [5, 5.41) is 5.61. The third-order valence-corrected chi connectivity index (χ3v) is 5.57. The Hall–Kier alpha value is -1.69. The standard InChI is InChI=1S/C19H22ClN3O2/c1-12(24)22-19-8-14-6-17(18(20)7-15(14)9-21-19)13-2-4-23(5-3-13)16-10-25-11-16/h6-9,13,16H,2-5,10-11H2,1H3,(H,21,22,24). The summed E-state index contributed by atoms with van der Waals surface area (Å²) in [6.07, 6.45) is 3.99. The molecule has 0 saturated carbocycles. The van der Waals surface area contributed by atoms with E-state index in [1.54, 1.807) is 6.20 Å². The number of halogens is 1. The Balaban J connectivity index is 1.56. The highest BCUT2D eigenvalue weighted by atomic mass is 35.5. The maximum Gasteiger partial charge on any atom is 0.222 e. The molecule has 2 aliphatic heterocycles. The fraction of sp³-hybridized carbons (Fsp3) is 0.474. The van der Waals surface area contributed by atoms with Crippen molar-refractivity contribution in [3.05, 3.63) is 35.0 Å². The van der Waals surface area contributed by atoms with Crippen molar-refractivity contribution in [1.29, 1.82) is 0 Å². The third kappa shape index (κ3) is 3.50. The van der Waals surface area contributed by atoms with Gasteiger partial charge in [0, 0.05) is 23.5 Å². The van der Waals surface area contributed by atoms with Gasteiger partial charge in [0.2, 0.25) is 5.91 Å². The van der Waals surface area contributed by atoms with Crippen molar-refractivity contribution in [1.82, 2.24) is 9.88 Å². The number of nitrogens with zero attached hydrogens (tertiary/aromatic N) is 2. The number of amides is 1. The van der Waals surface area contributed by atoms with E-state index in [1.807, 2.05) is 12.1 Å². The number of ether oxygens (including phenoxy) is 1. The number of nitrogens with one attached hydrogen (secondary N) is 1. The van der Waals surface area contributed by atoms with Crippen LogP contribution >= 0.6 is 11.6 Å². The van der Waals surface area contributed by atoms with Crippen molar-refractivity contribution in [3.63, 3.8) is 0 Å². The number of rotatable bonds is 3. The molecular weight excluding hydrogens is 338 g/mol. The van der Waals surface area contributed by atoms with E-state index >= 15 is 0 Å². The van der Waals surface area contributed by atoms with Crippen LogP contribution in [-0.4, -0.2) is 48.1 Å². The first-order valence-electron chi connectivity index (χ1n) is 8.79. The molecule has 3 heterocycles. The van der Waals surface area contributed by atoms with Gasteiger partial charge in [-0.25, -0.2) is 4.98 Å². The molecule has 0 radical (unpaired) electrons. The van der Waals surface area contributed by atoms with Gasteiger partial charge >= 0.3 is 0 Å². The molecule has 0 unspecified atom stereocenters. The van der Waals surface area contributed by atoms with Gasteiger partial charge in [-0.2, -0.15) is 0 Å². The zero-order valence-corrected chi connectivity index (χ0v) is 15.1. The molecule has 1 amide bonds. The van der Waals surface area contributed by atoms with Crippen molar-refractivity contribution in [2.24, 2.45) is 0 Å². The normalized spacial score (nSPS) is 19.8. The molecule has 2 saturated heterocycles. The number of benzene rings is 1. The van der Waals surface area contributed by atoms with Crippen LogP contribution in [0.3, 0.4) is 0 Å². The Kier molecular flexibility index (Phi) is 4.63. The molecular formula is C19H22ClN3O2. The van der Waals surface area contributed by atoms with Crippen LogP contribution in [0.5, 0.6) is 0 Å². The molecule has 1 aromatic heterocycles. The molecule has 1 N–H and O–H groups in total. The topological polar surface area (TPSA) is 54.5 Å². The second-order valence-electron chi connectivity index (χ2n) is 6.97. The number of hydrogen-bond acceptors (Lipinski definition) is 4. The maximum absolute atomic E-state index is 11.2. The lowest BCUT2D eigenvalue weighted by molar-refractivity contribution is -0.114. The van der Waals surface area contributed by atoms with Gasteiger partial charge in [0.15, 0.2) is 0 Å². The molecule has 132 valence electrons. The van der Waals surface area contributed by atoms with Crippen molar-refractivity contribution in [2.45, 2.75) is 31.7 Å². The van der Waals surface area contributed by atoms with Crippen LogP contribution in [0.15, 0.2) is 24.4 Å². The highest BCUT2D eigenvalue weighted by Crippen LogP contribution is 2.36. The van der Waals surface area contributed by atoms with Crippen molar-refractivity contribution in [3.8, 4) is 0 Å². The summed E-state index contributed by atoms with van der Waals surface area (Å²) in [7, 11) is 0. The highest BCUT2D eigenvalue weighted by molar-refractivity contribution is 6.32. The molecule has 0 spiro atoms. The lowest BCUT2D eigenvalue weighted by atomic mass is 9.87. The van der Waals surface area contributed by atoms with E-state index in [0.717, 1.165) is 54.9 Å². The highest BCUT2D eigenvalue weighted by Gasteiger charge is 2.30. The van der Waals surface area contributed by atoms with Crippen LogP contribution in [0.25, 0.3) is 10.8 Å². The van der Waals surface area contributed by atoms with Crippen molar-refractivity contribution >= 4 is 34.1 Å². The molecule has 5 nitrogen and oxygen atoms in total. The van der Waals surface area contributed by atoms with Gasteiger partial charge < -0.3 is 10.1 Å². The number of carbonyl (C=O) groups excluding carboxylic acids is 1. The van der Waals surface area contributed by atoms with E-state index in [2.05, 4.69) is 21.3 Å². The smallest absolute Gasteiger partial charge is 0.222 e. The third-order valence-electron chi connectivity index (χ3n) is 5.25. The molecule has 0 aliphatic carbocycles. The van der Waals surface area contributed by atoms with E-state index in [9.17, 15) is 4.79 Å². The Bertz CT molecular complexity index is 799. The Labute approximate surface area is 152 Å². The fourth-order valence-electron chi connectivity index (χ4n) is 3.75. The van der Waals surface area contributed by atoms with Crippen molar-refractivity contribution in [2.75, 3.05) is 31.6 Å². The Morgan fingerprint density at radius 2 is 2.00 bits per heavy atom. The van der Waals surface area contributed by atoms with Crippen LogP contribution in [-0.2, 0) is 9.53 Å². The molecule has 4 rings (SSSR count). The molecule has 0 bridgehead atoms. The fourth-order valence-corrected chi connectivity index (χ4v) is 4.08. The molecule has 2 aromatic rings. The minimum absolute atomic E-state index is 0.117. The number of anilines is 1. The van der Waals surface area contributed by atoms with E-state index in [1.165, 1.54) is 12.5 Å². The molecule has 0 atom stereocenters. The summed E-state index contributed by atoms with van der Waals surface area (Å²) < 4.78 is 5.31. The number of aromatic nitrogens is 1. The van der Waals surface area contributed by atoms with E-state index in [-0.39, 0.29) is 5.91 Å². The number of piperidine rings is 1. The summed E-state index contributed by atoms with van der Waals surface area (Å²) >= 11 is 6.57. The van der Waals surface area contributed by atoms with E-state index < -0.39 is 0 Å². The van der Waals surface area contributed by atoms with Crippen LogP contribution in [0, 0.1) is 0 Å². The second kappa shape index (κ2) is 6.90. The monoisotopic (exact) mass is 359 g/mol. The van der Waals surface area contributed by atoms with Crippen LogP contribution in [0.4, 0.5) is 5.82 Å². The van der Waals surface area contributed by atoms with Gasteiger partial charge in [-0.15, -0.1) is 0 Å². The first-order valence-corrected chi connectivity index (χ1v) is 9.16. The molecule has 2 fully saturated rings. The quantitative estimate of drug-likeness (QED) is 0.912. The molecule has 6 heteroatoms. The minimum atomic E-state index is -0.117. The predicted molar refractivity (Wildman–Crippen MR) is 99.2 cm³/mol. The van der Waals surface area contributed by atoms with Gasteiger partial charge in [-0.3, -0.25) is 9.69 Å². The number of fused-ring (bicyclic) bond motifs is 1. The largest absolute Gasteiger partial charge is 0.378 e. The Morgan fingerprint density at radius 3 is 2.64 bits per heavy atom. The molecule has 2 aliphatic rings. The first-order chi connectivity index (χ1) is 12.1. The van der Waals surface area contributed by atoms with E-state index in [0.29, 0.717) is 17.8 Å². The average Bonchev–Trinajstić information content (AvgIpc) is 2.53. The van der Waals surface area contributed by atoms with Crippen LogP contribution < -0.4 is 5.32 Å². The summed E-state index contributed by atoms with van der Waals surface area (Å²) in [6, 6.07) is 6.68. The summed E-state index contributed by atoms with van der Waals surface area (Å²) in [5.74, 6) is 0.938. The number of likely N-dealkylation sites (tertiary alicyclic amines) is 1. The van der Waals surface area contributed by atoms with Crippen LogP contribution in [0.1, 0.15) is 31.2 Å². The number of hydrogen-bond donors (Lipinski definition) is 1. The van der Waals surface area contributed by atoms with Gasteiger partial charge in [-0.05, 0) is 61.0 Å². The van der Waals surface area contributed by atoms with Crippen molar-refractivity contribution < 1.29 is 9.53 Å². The first kappa shape index (κ1) is 16.8. The predicted octanol–water partition coefficient (Wildman–Crippen LogP) is 3.42. The van der Waals surface area contributed by atoms with Gasteiger partial charge in [0.1, 0.15) is 5.82 Å². The SMILES string of the molecule is CC(=O)Nc1cc2cc(C3CCN(C4COC4)CC3)c(Cl)cc2cn1. The zero-order valence-electron chi connectivity index (χ0n) is 14.3. The molecule has 1 aromatic carbocycles. The average molecular weight is 360 g/mol. The van der Waals surface area contributed by atoms with Gasteiger partial charge in [0.05, 0.1) is 19.3 Å². The van der Waals surface area contributed by atoms with Crippen LogP contribution in [0.2, 0.25) is 5.02 Å². The maximum atomic E-state index is 11.2.